The van der Waals surface area contributed by atoms with Gasteiger partial charge in [0, 0.05) is 24.5 Å². The van der Waals surface area contributed by atoms with Gasteiger partial charge in [0.2, 0.25) is 0 Å². The third kappa shape index (κ3) is 2.76. The fourth-order valence-electron chi connectivity index (χ4n) is 2.48. The van der Waals surface area contributed by atoms with Crippen LogP contribution in [0.15, 0.2) is 48.8 Å². The molecule has 3 aromatic rings. The van der Waals surface area contributed by atoms with Crippen LogP contribution in [-0.4, -0.2) is 15.4 Å². The Labute approximate surface area is 135 Å². The van der Waals surface area contributed by atoms with E-state index in [0.717, 1.165) is 17.7 Å². The fraction of sp³-hybridized carbons (Fsp3) is 0.0588. The SMILES string of the molecule is N=C(N)c1ccccc1Cn1ccnc1-c1ccc(F)c(F)c1F. The number of nitrogens with two attached hydrogens (primary N) is 1. The van der Waals surface area contributed by atoms with Gasteiger partial charge >= 0.3 is 0 Å². The molecule has 0 fully saturated rings. The summed E-state index contributed by atoms with van der Waals surface area (Å²) in [6, 6.07) is 9.02. The molecule has 0 spiro atoms. The first kappa shape index (κ1) is 15.8. The summed E-state index contributed by atoms with van der Waals surface area (Å²) in [7, 11) is 0. The fourth-order valence-corrected chi connectivity index (χ4v) is 2.48. The number of halogens is 3. The lowest BCUT2D eigenvalue weighted by molar-refractivity contribution is 0.448. The summed E-state index contributed by atoms with van der Waals surface area (Å²) < 4.78 is 42.2. The van der Waals surface area contributed by atoms with Gasteiger partial charge in [-0.25, -0.2) is 18.2 Å². The van der Waals surface area contributed by atoms with Gasteiger partial charge in [0.15, 0.2) is 17.5 Å². The molecule has 0 amide bonds. The molecule has 0 atom stereocenters. The van der Waals surface area contributed by atoms with Crippen molar-refractivity contribution < 1.29 is 13.2 Å². The van der Waals surface area contributed by atoms with E-state index in [9.17, 15) is 13.2 Å². The summed E-state index contributed by atoms with van der Waals surface area (Å²) in [6.45, 7) is 0.253. The van der Waals surface area contributed by atoms with E-state index in [1.807, 2.05) is 0 Å². The van der Waals surface area contributed by atoms with Gasteiger partial charge in [-0.1, -0.05) is 24.3 Å². The van der Waals surface area contributed by atoms with Crippen molar-refractivity contribution in [2.45, 2.75) is 6.54 Å². The Morgan fingerprint density at radius 2 is 1.83 bits per heavy atom. The maximum atomic E-state index is 14.0. The van der Waals surface area contributed by atoms with Crippen LogP contribution < -0.4 is 5.73 Å². The average molecular weight is 330 g/mol. The van der Waals surface area contributed by atoms with Crippen molar-refractivity contribution in [2.24, 2.45) is 5.73 Å². The van der Waals surface area contributed by atoms with Crippen molar-refractivity contribution in [1.82, 2.24) is 9.55 Å². The minimum Gasteiger partial charge on any atom is -0.384 e. The molecule has 3 rings (SSSR count). The molecule has 0 saturated carbocycles. The Morgan fingerprint density at radius 1 is 1.08 bits per heavy atom. The number of imidazole rings is 1. The molecule has 0 aliphatic rings. The Balaban J connectivity index is 2.04. The first-order valence-corrected chi connectivity index (χ1v) is 7.06. The highest BCUT2D eigenvalue weighted by atomic mass is 19.2. The molecule has 0 saturated heterocycles. The zero-order chi connectivity index (χ0) is 17.3. The summed E-state index contributed by atoms with van der Waals surface area (Å²) in [5, 5.41) is 7.61. The lowest BCUT2D eigenvalue weighted by atomic mass is 10.1. The molecule has 1 heterocycles. The molecule has 0 bridgehead atoms. The standard InChI is InChI=1S/C17H13F3N4/c18-13-6-5-12(14(19)15(13)20)17-23-7-8-24(17)9-10-3-1-2-4-11(10)16(21)22/h1-8H,9H2,(H3,21,22). The third-order valence-electron chi connectivity index (χ3n) is 3.64. The average Bonchev–Trinajstić information content (AvgIpc) is 3.01. The second-order valence-corrected chi connectivity index (χ2v) is 5.17. The van der Waals surface area contributed by atoms with Crippen LogP contribution in [0.1, 0.15) is 11.1 Å². The number of amidine groups is 1. The Bertz CT molecular complexity index is 918. The van der Waals surface area contributed by atoms with Gasteiger partial charge < -0.3 is 10.3 Å². The van der Waals surface area contributed by atoms with Crippen LogP contribution in [0.3, 0.4) is 0 Å². The van der Waals surface area contributed by atoms with E-state index in [1.54, 1.807) is 35.0 Å². The normalized spacial score (nSPS) is 10.8. The van der Waals surface area contributed by atoms with Crippen molar-refractivity contribution in [3.8, 4) is 11.4 Å². The van der Waals surface area contributed by atoms with Crippen LogP contribution in [-0.2, 0) is 6.54 Å². The van der Waals surface area contributed by atoms with Crippen molar-refractivity contribution in [3.63, 3.8) is 0 Å². The van der Waals surface area contributed by atoms with Gasteiger partial charge in [-0.3, -0.25) is 5.41 Å². The molecule has 3 N–H and O–H groups in total. The molecule has 7 heteroatoms. The summed E-state index contributed by atoms with van der Waals surface area (Å²) in [4.78, 5) is 4.04. The summed E-state index contributed by atoms with van der Waals surface area (Å²) in [5.41, 5.74) is 6.69. The van der Waals surface area contributed by atoms with Crippen LogP contribution >= 0.6 is 0 Å². The van der Waals surface area contributed by atoms with E-state index >= 15 is 0 Å². The van der Waals surface area contributed by atoms with Gasteiger partial charge in [-0.05, 0) is 17.7 Å². The highest BCUT2D eigenvalue weighted by Gasteiger charge is 2.18. The molecule has 0 aliphatic carbocycles. The minimum atomic E-state index is -1.54. The predicted molar refractivity (Wildman–Crippen MR) is 84.1 cm³/mol. The smallest absolute Gasteiger partial charge is 0.195 e. The van der Waals surface area contributed by atoms with Crippen LogP contribution in [0.25, 0.3) is 11.4 Å². The van der Waals surface area contributed by atoms with Gasteiger partial charge in [-0.15, -0.1) is 0 Å². The number of nitrogens with zero attached hydrogens (tertiary/aromatic N) is 2. The number of nitrogens with one attached hydrogen (secondary N) is 1. The molecular formula is C17H13F3N4. The molecule has 0 aliphatic heterocycles. The molecule has 4 nitrogen and oxygen atoms in total. The Hall–Kier alpha value is -3.09. The number of benzene rings is 2. The van der Waals surface area contributed by atoms with Crippen molar-refractivity contribution in [1.29, 1.82) is 5.41 Å². The first-order valence-electron chi connectivity index (χ1n) is 7.06. The van der Waals surface area contributed by atoms with E-state index < -0.39 is 17.5 Å². The van der Waals surface area contributed by atoms with Crippen LogP contribution in [0.2, 0.25) is 0 Å². The van der Waals surface area contributed by atoms with Gasteiger partial charge in [0.05, 0.1) is 5.56 Å². The zero-order valence-electron chi connectivity index (χ0n) is 12.4. The maximum absolute atomic E-state index is 14.0. The van der Waals surface area contributed by atoms with Crippen molar-refractivity contribution in [2.75, 3.05) is 0 Å². The second kappa shape index (κ2) is 6.19. The minimum absolute atomic E-state index is 0.0914. The first-order chi connectivity index (χ1) is 11.5. The van der Waals surface area contributed by atoms with Crippen molar-refractivity contribution in [3.05, 3.63) is 77.4 Å². The third-order valence-corrected chi connectivity index (χ3v) is 3.64. The topological polar surface area (TPSA) is 67.7 Å². The molecule has 2 aromatic carbocycles. The van der Waals surface area contributed by atoms with Crippen LogP contribution in [0, 0.1) is 22.9 Å². The van der Waals surface area contributed by atoms with Gasteiger partial charge in [0.25, 0.3) is 0 Å². The number of rotatable bonds is 4. The molecular weight excluding hydrogens is 317 g/mol. The molecule has 0 unspecified atom stereocenters. The predicted octanol–water partition coefficient (Wildman–Crippen LogP) is 3.30. The molecule has 1 aromatic heterocycles. The Kier molecular flexibility index (Phi) is 4.07. The van der Waals surface area contributed by atoms with E-state index in [-0.39, 0.29) is 23.8 Å². The molecule has 24 heavy (non-hydrogen) atoms. The Morgan fingerprint density at radius 3 is 2.58 bits per heavy atom. The maximum Gasteiger partial charge on any atom is 0.195 e. The number of aromatic nitrogens is 2. The van der Waals surface area contributed by atoms with Crippen molar-refractivity contribution >= 4 is 5.84 Å². The number of nitrogen functional groups attached to an aromatic ring is 1. The van der Waals surface area contributed by atoms with Gasteiger partial charge in [-0.2, -0.15) is 0 Å². The van der Waals surface area contributed by atoms with E-state index in [1.165, 1.54) is 6.20 Å². The van der Waals surface area contributed by atoms with E-state index in [2.05, 4.69) is 4.98 Å². The van der Waals surface area contributed by atoms with Crippen LogP contribution in [0.5, 0.6) is 0 Å². The lowest BCUT2D eigenvalue weighted by Crippen LogP contribution is -2.15. The summed E-state index contributed by atoms with van der Waals surface area (Å²) >= 11 is 0. The van der Waals surface area contributed by atoms with E-state index in [4.69, 9.17) is 11.1 Å². The number of hydrogen-bond donors (Lipinski definition) is 2. The second-order valence-electron chi connectivity index (χ2n) is 5.17. The summed E-state index contributed by atoms with van der Waals surface area (Å²) in [6.07, 6.45) is 3.03. The summed E-state index contributed by atoms with van der Waals surface area (Å²) in [5.74, 6) is -4.01. The van der Waals surface area contributed by atoms with E-state index in [0.29, 0.717) is 5.56 Å². The number of hydrogen-bond acceptors (Lipinski definition) is 2. The zero-order valence-corrected chi connectivity index (χ0v) is 12.4. The van der Waals surface area contributed by atoms with Gasteiger partial charge in [0.1, 0.15) is 11.7 Å². The lowest BCUT2D eigenvalue weighted by Gasteiger charge is -2.12. The quantitative estimate of drug-likeness (QED) is 0.438. The highest BCUT2D eigenvalue weighted by molar-refractivity contribution is 5.96. The molecule has 122 valence electrons. The van der Waals surface area contributed by atoms with Crippen LogP contribution in [0.4, 0.5) is 13.2 Å². The largest absolute Gasteiger partial charge is 0.384 e. The molecule has 0 radical (unpaired) electrons. The monoisotopic (exact) mass is 330 g/mol. The highest BCUT2D eigenvalue weighted by Crippen LogP contribution is 2.25.